The van der Waals surface area contributed by atoms with Gasteiger partial charge in [0.2, 0.25) is 11.8 Å². The van der Waals surface area contributed by atoms with Crippen LogP contribution in [0.15, 0.2) is 72.9 Å². The molecular formula is C24H27N3O5. The van der Waals surface area contributed by atoms with Crippen molar-refractivity contribution in [3.63, 3.8) is 0 Å². The summed E-state index contributed by atoms with van der Waals surface area (Å²) in [5, 5.41) is 23.0. The predicted molar refractivity (Wildman–Crippen MR) is 120 cm³/mol. The number of nitrogens with two attached hydrogens (primary N) is 1. The van der Waals surface area contributed by atoms with Crippen molar-refractivity contribution < 1.29 is 24.5 Å². The van der Waals surface area contributed by atoms with E-state index in [1.54, 1.807) is 24.3 Å². The molecular weight excluding hydrogens is 410 g/mol. The Balaban J connectivity index is 1.44. The fourth-order valence-electron chi connectivity index (χ4n) is 2.96. The van der Waals surface area contributed by atoms with E-state index in [1.165, 1.54) is 6.20 Å². The van der Waals surface area contributed by atoms with Gasteiger partial charge in [0, 0.05) is 24.8 Å². The number of para-hydroxylation sites is 1. The summed E-state index contributed by atoms with van der Waals surface area (Å²) < 4.78 is 11.2. The van der Waals surface area contributed by atoms with E-state index in [9.17, 15) is 15.0 Å². The van der Waals surface area contributed by atoms with Crippen molar-refractivity contribution >= 4 is 5.91 Å². The highest BCUT2D eigenvalue weighted by molar-refractivity contribution is 5.92. The normalized spacial score (nSPS) is 12.7. The first-order valence-corrected chi connectivity index (χ1v) is 10.3. The highest BCUT2D eigenvalue weighted by atomic mass is 16.5. The van der Waals surface area contributed by atoms with Crippen molar-refractivity contribution in [2.75, 3.05) is 19.8 Å². The Hall–Kier alpha value is -3.46. The second kappa shape index (κ2) is 11.8. The minimum atomic E-state index is -0.700. The van der Waals surface area contributed by atoms with Crippen LogP contribution in [0.1, 0.15) is 15.9 Å². The molecule has 168 valence electrons. The van der Waals surface area contributed by atoms with Crippen molar-refractivity contribution in [2.24, 2.45) is 5.73 Å². The quantitative estimate of drug-likeness (QED) is 0.341. The second-order valence-electron chi connectivity index (χ2n) is 7.27. The van der Waals surface area contributed by atoms with Gasteiger partial charge in [-0.15, -0.1) is 0 Å². The van der Waals surface area contributed by atoms with Crippen LogP contribution < -0.4 is 20.5 Å². The summed E-state index contributed by atoms with van der Waals surface area (Å²) in [5.74, 6) is 1.10. The molecule has 8 heteroatoms. The van der Waals surface area contributed by atoms with E-state index in [2.05, 4.69) is 10.3 Å². The van der Waals surface area contributed by atoms with Crippen LogP contribution in [0.3, 0.4) is 0 Å². The summed E-state index contributed by atoms with van der Waals surface area (Å²) >= 11 is 0. The van der Waals surface area contributed by atoms with Gasteiger partial charge in [-0.25, -0.2) is 4.98 Å². The Morgan fingerprint density at radius 3 is 2.41 bits per heavy atom. The van der Waals surface area contributed by atoms with E-state index in [4.69, 9.17) is 15.2 Å². The highest BCUT2D eigenvalue weighted by Crippen LogP contribution is 2.20. The predicted octanol–water partition coefficient (Wildman–Crippen LogP) is 1.91. The zero-order chi connectivity index (χ0) is 22.8. The molecule has 0 saturated carbocycles. The summed E-state index contributed by atoms with van der Waals surface area (Å²) in [6, 6.07) is 19.6. The fourth-order valence-corrected chi connectivity index (χ4v) is 2.96. The molecule has 0 radical (unpaired) electrons. The van der Waals surface area contributed by atoms with Crippen LogP contribution in [0.2, 0.25) is 0 Å². The molecule has 8 nitrogen and oxygen atoms in total. The molecule has 5 N–H and O–H groups in total. The van der Waals surface area contributed by atoms with Crippen LogP contribution in [0.5, 0.6) is 17.4 Å². The van der Waals surface area contributed by atoms with Crippen molar-refractivity contribution in [1.82, 2.24) is 10.3 Å². The van der Waals surface area contributed by atoms with E-state index in [1.807, 2.05) is 42.5 Å². The Kier molecular flexibility index (Phi) is 8.56. The maximum Gasteiger partial charge on any atom is 0.250 e. The molecule has 0 bridgehead atoms. The average Bonchev–Trinajstić information content (AvgIpc) is 2.82. The van der Waals surface area contributed by atoms with Crippen LogP contribution >= 0.6 is 0 Å². The number of hydrogen-bond donors (Lipinski definition) is 4. The molecule has 3 aromatic rings. The largest absolute Gasteiger partial charge is 0.491 e. The zero-order valence-electron chi connectivity index (χ0n) is 17.6. The standard InChI is InChI=1S/C24H27N3O5/c25-24(30)18-8-11-23(27-13-18)32-22-9-6-17(7-10-22)12-19(15-28)26-14-20(29)16-31-21-4-2-1-3-5-21/h1-11,13,19-20,26,28-29H,12,14-16H2,(H2,25,30)/t19-,20?/m0/s1. The van der Waals surface area contributed by atoms with Gasteiger partial charge in [0.1, 0.15) is 24.2 Å². The number of ether oxygens (including phenoxy) is 2. The van der Waals surface area contributed by atoms with E-state index >= 15 is 0 Å². The SMILES string of the molecule is NC(=O)c1ccc(Oc2ccc(C[C@@H](CO)NCC(O)COc3ccccc3)cc2)nc1. The van der Waals surface area contributed by atoms with Gasteiger partial charge in [0.25, 0.3) is 0 Å². The minimum Gasteiger partial charge on any atom is -0.491 e. The van der Waals surface area contributed by atoms with Crippen LogP contribution in [0.25, 0.3) is 0 Å². The van der Waals surface area contributed by atoms with Gasteiger partial charge >= 0.3 is 0 Å². The Labute approximate surface area is 186 Å². The van der Waals surface area contributed by atoms with Gasteiger partial charge in [-0.05, 0) is 42.3 Å². The summed E-state index contributed by atoms with van der Waals surface area (Å²) in [7, 11) is 0. The third-order valence-corrected chi connectivity index (χ3v) is 4.70. The van der Waals surface area contributed by atoms with Crippen molar-refractivity contribution in [3.8, 4) is 17.4 Å². The minimum absolute atomic E-state index is 0.0688. The maximum atomic E-state index is 11.1. The van der Waals surface area contributed by atoms with E-state index in [0.717, 1.165) is 5.56 Å². The number of pyridine rings is 1. The maximum absolute atomic E-state index is 11.1. The Morgan fingerprint density at radius 1 is 1.03 bits per heavy atom. The smallest absolute Gasteiger partial charge is 0.250 e. The van der Waals surface area contributed by atoms with E-state index in [-0.39, 0.29) is 19.3 Å². The van der Waals surface area contributed by atoms with Gasteiger partial charge in [0.15, 0.2) is 0 Å². The van der Waals surface area contributed by atoms with Crippen molar-refractivity contribution in [3.05, 3.63) is 84.1 Å². The Bertz CT molecular complexity index is 965. The number of carbonyl (C=O) groups is 1. The van der Waals surface area contributed by atoms with Gasteiger partial charge in [-0.3, -0.25) is 4.79 Å². The molecule has 0 spiro atoms. The average molecular weight is 437 g/mol. The number of aliphatic hydroxyl groups is 2. The first kappa shape index (κ1) is 23.2. The van der Waals surface area contributed by atoms with Gasteiger partial charge in [0.05, 0.1) is 12.2 Å². The Morgan fingerprint density at radius 2 is 1.78 bits per heavy atom. The van der Waals surface area contributed by atoms with Crippen LogP contribution in [-0.2, 0) is 6.42 Å². The molecule has 1 unspecified atom stereocenters. The number of nitrogens with zero attached hydrogens (tertiary/aromatic N) is 1. The molecule has 0 aliphatic rings. The second-order valence-corrected chi connectivity index (χ2v) is 7.27. The van der Waals surface area contributed by atoms with Gasteiger partial charge < -0.3 is 30.7 Å². The lowest BCUT2D eigenvalue weighted by Crippen LogP contribution is -2.41. The van der Waals surface area contributed by atoms with Gasteiger partial charge in [-0.2, -0.15) is 0 Å². The number of carbonyl (C=O) groups excluding carboxylic acids is 1. The number of primary amides is 1. The van der Waals surface area contributed by atoms with Crippen LogP contribution in [0.4, 0.5) is 0 Å². The monoisotopic (exact) mass is 437 g/mol. The summed E-state index contributed by atoms with van der Waals surface area (Å²) in [5.41, 5.74) is 6.51. The number of amides is 1. The molecule has 0 saturated heterocycles. The molecule has 2 atom stereocenters. The molecule has 1 heterocycles. The lowest BCUT2D eigenvalue weighted by molar-refractivity contribution is 0.0995. The number of benzene rings is 2. The summed E-state index contributed by atoms with van der Waals surface area (Å²) in [4.78, 5) is 15.1. The van der Waals surface area contributed by atoms with Crippen LogP contribution in [-0.4, -0.2) is 53.0 Å². The lowest BCUT2D eigenvalue weighted by atomic mass is 10.1. The summed E-state index contributed by atoms with van der Waals surface area (Å²) in [6.07, 6.45) is 1.24. The number of aromatic nitrogens is 1. The number of nitrogens with one attached hydrogen (secondary N) is 1. The molecule has 3 rings (SSSR count). The van der Waals surface area contributed by atoms with E-state index < -0.39 is 12.0 Å². The molecule has 0 fully saturated rings. The molecule has 1 amide bonds. The van der Waals surface area contributed by atoms with Gasteiger partial charge in [-0.1, -0.05) is 30.3 Å². The first-order chi connectivity index (χ1) is 15.5. The first-order valence-electron chi connectivity index (χ1n) is 10.3. The van der Waals surface area contributed by atoms with Crippen molar-refractivity contribution in [1.29, 1.82) is 0 Å². The molecule has 2 aromatic carbocycles. The third-order valence-electron chi connectivity index (χ3n) is 4.70. The topological polar surface area (TPSA) is 127 Å². The molecule has 1 aromatic heterocycles. The highest BCUT2D eigenvalue weighted by Gasteiger charge is 2.12. The molecule has 0 aliphatic carbocycles. The fraction of sp³-hybridized carbons (Fsp3) is 0.250. The molecule has 32 heavy (non-hydrogen) atoms. The third kappa shape index (κ3) is 7.35. The van der Waals surface area contributed by atoms with Crippen molar-refractivity contribution in [2.45, 2.75) is 18.6 Å². The number of hydrogen-bond acceptors (Lipinski definition) is 7. The zero-order valence-corrected chi connectivity index (χ0v) is 17.6. The number of aliphatic hydroxyl groups excluding tert-OH is 2. The molecule has 0 aliphatic heterocycles. The number of rotatable bonds is 12. The summed E-state index contributed by atoms with van der Waals surface area (Å²) in [6.45, 7) is 0.391. The lowest BCUT2D eigenvalue weighted by Gasteiger charge is -2.19. The van der Waals surface area contributed by atoms with E-state index in [0.29, 0.717) is 35.9 Å². The van der Waals surface area contributed by atoms with Crippen LogP contribution in [0, 0.1) is 0 Å².